The van der Waals surface area contributed by atoms with Crippen LogP contribution < -0.4 is 10.5 Å². The Kier molecular flexibility index (Phi) is 7.50. The van der Waals surface area contributed by atoms with Crippen molar-refractivity contribution in [3.05, 3.63) is 29.8 Å². The zero-order valence-electron chi connectivity index (χ0n) is 13.4. The standard InChI is InChI=1S/C17H28N2O.ClH/c1-13(2)20-17-8-4-6-15(10-17)11-19-9-5-7-16(12-19)14(3)18;/h4,6,8,10,13-14,16H,5,7,9,11-12,18H2,1-3H3;1H. The van der Waals surface area contributed by atoms with E-state index in [4.69, 9.17) is 10.5 Å². The van der Waals surface area contributed by atoms with Gasteiger partial charge in [0, 0.05) is 19.1 Å². The second kappa shape index (κ2) is 8.62. The number of likely N-dealkylation sites (tertiary alicyclic amines) is 1. The fraction of sp³-hybridized carbons (Fsp3) is 0.647. The monoisotopic (exact) mass is 312 g/mol. The number of rotatable bonds is 5. The molecule has 0 aliphatic carbocycles. The molecule has 2 N–H and O–H groups in total. The molecule has 0 aromatic heterocycles. The van der Waals surface area contributed by atoms with Crippen molar-refractivity contribution in [1.29, 1.82) is 0 Å². The minimum Gasteiger partial charge on any atom is -0.491 e. The van der Waals surface area contributed by atoms with Crippen LogP contribution in [0, 0.1) is 5.92 Å². The van der Waals surface area contributed by atoms with Crippen molar-refractivity contribution in [2.45, 2.75) is 52.3 Å². The molecule has 1 aromatic carbocycles. The summed E-state index contributed by atoms with van der Waals surface area (Å²) in [5.41, 5.74) is 7.38. The molecule has 1 fully saturated rings. The SMILES string of the molecule is CC(C)Oc1cccc(CN2CCCC(C(C)N)C2)c1.Cl. The molecule has 1 heterocycles. The molecule has 2 unspecified atom stereocenters. The average Bonchev–Trinajstić information content (AvgIpc) is 2.38. The molecule has 120 valence electrons. The van der Waals surface area contributed by atoms with E-state index in [1.165, 1.54) is 24.9 Å². The van der Waals surface area contributed by atoms with Gasteiger partial charge in [-0.1, -0.05) is 12.1 Å². The lowest BCUT2D eigenvalue weighted by atomic mass is 9.92. The lowest BCUT2D eigenvalue weighted by Gasteiger charge is -2.34. The summed E-state index contributed by atoms with van der Waals surface area (Å²) in [7, 11) is 0. The molecule has 0 amide bonds. The highest BCUT2D eigenvalue weighted by molar-refractivity contribution is 5.85. The maximum Gasteiger partial charge on any atom is 0.120 e. The number of ether oxygens (including phenoxy) is 1. The third-order valence-electron chi connectivity index (χ3n) is 3.96. The molecule has 0 radical (unpaired) electrons. The van der Waals surface area contributed by atoms with E-state index in [1.807, 2.05) is 6.07 Å². The summed E-state index contributed by atoms with van der Waals surface area (Å²) < 4.78 is 5.76. The molecule has 1 aromatic rings. The number of benzene rings is 1. The Balaban J connectivity index is 0.00000220. The second-order valence-electron chi connectivity index (χ2n) is 6.31. The molecule has 0 spiro atoms. The van der Waals surface area contributed by atoms with Crippen LogP contribution in [0.3, 0.4) is 0 Å². The van der Waals surface area contributed by atoms with Gasteiger partial charge >= 0.3 is 0 Å². The van der Waals surface area contributed by atoms with Gasteiger partial charge in [-0.2, -0.15) is 0 Å². The summed E-state index contributed by atoms with van der Waals surface area (Å²) in [6.07, 6.45) is 2.75. The first-order chi connectivity index (χ1) is 9.54. The Morgan fingerprint density at radius 1 is 1.33 bits per heavy atom. The summed E-state index contributed by atoms with van der Waals surface area (Å²) in [5.74, 6) is 1.61. The van der Waals surface area contributed by atoms with Crippen molar-refractivity contribution in [3.8, 4) is 5.75 Å². The largest absolute Gasteiger partial charge is 0.491 e. The van der Waals surface area contributed by atoms with E-state index in [1.54, 1.807) is 0 Å². The molecule has 1 aliphatic heterocycles. The fourth-order valence-electron chi connectivity index (χ4n) is 2.91. The van der Waals surface area contributed by atoms with Gasteiger partial charge in [-0.05, 0) is 63.8 Å². The van der Waals surface area contributed by atoms with Crippen LogP contribution in [0.15, 0.2) is 24.3 Å². The highest BCUT2D eigenvalue weighted by Crippen LogP contribution is 2.22. The van der Waals surface area contributed by atoms with E-state index in [2.05, 4.69) is 43.9 Å². The molecule has 3 nitrogen and oxygen atoms in total. The van der Waals surface area contributed by atoms with Crippen molar-refractivity contribution < 1.29 is 4.74 Å². The van der Waals surface area contributed by atoms with Gasteiger partial charge in [-0.3, -0.25) is 4.90 Å². The van der Waals surface area contributed by atoms with Crippen LogP contribution in [0.4, 0.5) is 0 Å². The number of nitrogens with two attached hydrogens (primary N) is 1. The van der Waals surface area contributed by atoms with Crippen LogP contribution in [0.2, 0.25) is 0 Å². The van der Waals surface area contributed by atoms with Gasteiger partial charge in [0.25, 0.3) is 0 Å². The zero-order chi connectivity index (χ0) is 14.5. The van der Waals surface area contributed by atoms with Crippen LogP contribution in [-0.4, -0.2) is 30.1 Å². The predicted molar refractivity (Wildman–Crippen MR) is 91.1 cm³/mol. The lowest BCUT2D eigenvalue weighted by molar-refractivity contribution is 0.154. The third-order valence-corrected chi connectivity index (χ3v) is 3.96. The van der Waals surface area contributed by atoms with Crippen LogP contribution in [0.25, 0.3) is 0 Å². The van der Waals surface area contributed by atoms with E-state index in [-0.39, 0.29) is 18.5 Å². The van der Waals surface area contributed by atoms with E-state index in [0.29, 0.717) is 12.0 Å². The Hall–Kier alpha value is -0.770. The molecule has 0 saturated carbocycles. The molecule has 1 saturated heterocycles. The molecule has 0 bridgehead atoms. The molecular weight excluding hydrogens is 284 g/mol. The van der Waals surface area contributed by atoms with Gasteiger partial charge < -0.3 is 10.5 Å². The lowest BCUT2D eigenvalue weighted by Crippen LogP contribution is -2.41. The molecule has 21 heavy (non-hydrogen) atoms. The van der Waals surface area contributed by atoms with Gasteiger partial charge in [-0.25, -0.2) is 0 Å². The minimum atomic E-state index is 0. The number of hydrogen-bond acceptors (Lipinski definition) is 3. The number of nitrogens with zero attached hydrogens (tertiary/aromatic N) is 1. The highest BCUT2D eigenvalue weighted by Gasteiger charge is 2.22. The van der Waals surface area contributed by atoms with Crippen molar-refractivity contribution in [3.63, 3.8) is 0 Å². The average molecular weight is 313 g/mol. The zero-order valence-corrected chi connectivity index (χ0v) is 14.2. The molecule has 1 aliphatic rings. The maximum absolute atomic E-state index is 6.06. The molecular formula is C17H29ClN2O. The van der Waals surface area contributed by atoms with Gasteiger partial charge in [0.1, 0.15) is 5.75 Å². The van der Waals surface area contributed by atoms with Gasteiger partial charge in [0.15, 0.2) is 0 Å². The van der Waals surface area contributed by atoms with Crippen LogP contribution in [0.1, 0.15) is 39.2 Å². The Morgan fingerprint density at radius 2 is 2.10 bits per heavy atom. The summed E-state index contributed by atoms with van der Waals surface area (Å²) in [6.45, 7) is 9.55. The summed E-state index contributed by atoms with van der Waals surface area (Å²) in [6, 6.07) is 8.76. The maximum atomic E-state index is 6.06. The third kappa shape index (κ3) is 5.85. The quantitative estimate of drug-likeness (QED) is 0.905. The highest BCUT2D eigenvalue weighted by atomic mass is 35.5. The van der Waals surface area contributed by atoms with E-state index >= 15 is 0 Å². The topological polar surface area (TPSA) is 38.5 Å². The summed E-state index contributed by atoms with van der Waals surface area (Å²) in [5, 5.41) is 0. The Labute approximate surface area is 135 Å². The van der Waals surface area contributed by atoms with E-state index in [0.717, 1.165) is 18.8 Å². The number of halogens is 1. The van der Waals surface area contributed by atoms with Crippen LogP contribution in [-0.2, 0) is 6.54 Å². The first-order valence-corrected chi connectivity index (χ1v) is 7.78. The van der Waals surface area contributed by atoms with Crippen molar-refractivity contribution in [2.24, 2.45) is 11.7 Å². The minimum absolute atomic E-state index is 0. The first kappa shape index (κ1) is 18.3. The fourth-order valence-corrected chi connectivity index (χ4v) is 2.91. The Morgan fingerprint density at radius 3 is 2.76 bits per heavy atom. The van der Waals surface area contributed by atoms with Gasteiger partial charge in [0.05, 0.1) is 6.10 Å². The van der Waals surface area contributed by atoms with Gasteiger partial charge in [0.2, 0.25) is 0 Å². The van der Waals surface area contributed by atoms with E-state index < -0.39 is 0 Å². The number of piperidine rings is 1. The van der Waals surface area contributed by atoms with Crippen molar-refractivity contribution >= 4 is 12.4 Å². The van der Waals surface area contributed by atoms with Crippen LogP contribution in [0.5, 0.6) is 5.75 Å². The molecule has 4 heteroatoms. The van der Waals surface area contributed by atoms with Crippen LogP contribution >= 0.6 is 12.4 Å². The van der Waals surface area contributed by atoms with E-state index in [9.17, 15) is 0 Å². The van der Waals surface area contributed by atoms with Gasteiger partial charge in [-0.15, -0.1) is 12.4 Å². The normalized spacial score (nSPS) is 20.9. The second-order valence-corrected chi connectivity index (χ2v) is 6.31. The smallest absolute Gasteiger partial charge is 0.120 e. The predicted octanol–water partition coefficient (Wildman–Crippen LogP) is 3.45. The number of hydrogen-bond donors (Lipinski definition) is 1. The van der Waals surface area contributed by atoms with Crippen molar-refractivity contribution in [1.82, 2.24) is 4.90 Å². The van der Waals surface area contributed by atoms with Crippen molar-refractivity contribution in [2.75, 3.05) is 13.1 Å². The molecule has 2 atom stereocenters. The first-order valence-electron chi connectivity index (χ1n) is 7.78. The summed E-state index contributed by atoms with van der Waals surface area (Å²) >= 11 is 0. The summed E-state index contributed by atoms with van der Waals surface area (Å²) in [4.78, 5) is 2.52. The molecule has 2 rings (SSSR count). The Bertz CT molecular complexity index is 423.